The minimum atomic E-state index is -4.78. The van der Waals surface area contributed by atoms with Gasteiger partial charge < -0.3 is 24.4 Å². The van der Waals surface area contributed by atoms with E-state index in [1.165, 1.54) is 70.6 Å². The van der Waals surface area contributed by atoms with Crippen molar-refractivity contribution in [3.05, 3.63) is 72.9 Å². The first kappa shape index (κ1) is 50.5. The third kappa shape index (κ3) is 40.5. The van der Waals surface area contributed by atoms with Crippen LogP contribution in [0.15, 0.2) is 72.9 Å². The second-order valence-electron chi connectivity index (χ2n) is 13.4. The van der Waals surface area contributed by atoms with Gasteiger partial charge in [0.05, 0.1) is 12.7 Å². The fourth-order valence-corrected chi connectivity index (χ4v) is 5.67. The molecule has 0 saturated heterocycles. The van der Waals surface area contributed by atoms with Crippen LogP contribution in [0.3, 0.4) is 0 Å². The Morgan fingerprint density at radius 3 is 1.72 bits per heavy atom. The van der Waals surface area contributed by atoms with Crippen LogP contribution in [0.5, 0.6) is 0 Å². The molecule has 3 N–H and O–H groups in total. The van der Waals surface area contributed by atoms with Crippen molar-refractivity contribution in [2.24, 2.45) is 0 Å². The van der Waals surface area contributed by atoms with E-state index in [0.29, 0.717) is 25.7 Å². The average molecular weight is 765 g/mol. The molecule has 0 aromatic carbocycles. The summed E-state index contributed by atoms with van der Waals surface area (Å²) in [6.45, 7) is 3.43. The van der Waals surface area contributed by atoms with Crippen LogP contribution in [0, 0.1) is 0 Å². The number of allylic oxidation sites excluding steroid dienone is 10. The number of aliphatic hydroxyl groups excluding tert-OH is 1. The lowest BCUT2D eigenvalue weighted by Gasteiger charge is -2.18. The number of hydrogen-bond acceptors (Lipinski definition) is 7. The number of rotatable bonds is 36. The molecule has 0 aromatic rings. The lowest BCUT2D eigenvalue weighted by atomic mass is 10.0. The summed E-state index contributed by atoms with van der Waals surface area (Å²) in [6, 6.07) is 0. The highest BCUT2D eigenvalue weighted by atomic mass is 31.2. The molecule has 0 amide bonds. The number of carbonyl (C=O) groups excluding carboxylic acids is 2. The van der Waals surface area contributed by atoms with Crippen molar-refractivity contribution in [1.29, 1.82) is 0 Å². The minimum Gasteiger partial charge on any atom is -0.462 e. The Balaban J connectivity index is 4.13. The first-order valence-corrected chi connectivity index (χ1v) is 21.9. The van der Waals surface area contributed by atoms with E-state index in [4.69, 9.17) is 19.3 Å². The summed E-state index contributed by atoms with van der Waals surface area (Å²) in [5.41, 5.74) is 0. The number of hydrogen-bond donors (Lipinski definition) is 3. The van der Waals surface area contributed by atoms with Crippen molar-refractivity contribution >= 4 is 19.8 Å². The maximum Gasteiger partial charge on any atom is 0.469 e. The highest BCUT2D eigenvalue weighted by Gasteiger charge is 2.22. The van der Waals surface area contributed by atoms with E-state index in [0.717, 1.165) is 38.5 Å². The third-order valence-corrected chi connectivity index (χ3v) is 8.82. The van der Waals surface area contributed by atoms with Crippen LogP contribution in [-0.2, 0) is 28.2 Å². The zero-order chi connectivity index (χ0) is 39.1. The Labute approximate surface area is 322 Å². The highest BCUT2D eigenvalue weighted by molar-refractivity contribution is 7.46. The van der Waals surface area contributed by atoms with Crippen molar-refractivity contribution in [2.45, 2.75) is 174 Å². The predicted octanol–water partition coefficient (Wildman–Crippen LogP) is 11.3. The Hall–Kier alpha value is -2.55. The van der Waals surface area contributed by atoms with Crippen LogP contribution in [0.2, 0.25) is 0 Å². The molecule has 0 aromatic heterocycles. The van der Waals surface area contributed by atoms with Gasteiger partial charge in [0.1, 0.15) is 6.61 Å². The number of ether oxygens (including phenoxy) is 2. The molecule has 0 aliphatic heterocycles. The van der Waals surface area contributed by atoms with Crippen molar-refractivity contribution in [2.75, 3.05) is 13.2 Å². The third-order valence-electron chi connectivity index (χ3n) is 8.33. The second-order valence-corrected chi connectivity index (χ2v) is 14.7. The molecule has 0 radical (unpaired) electrons. The van der Waals surface area contributed by atoms with Gasteiger partial charge in [0, 0.05) is 12.8 Å². The number of carbonyl (C=O) groups is 2. The van der Waals surface area contributed by atoms with Crippen molar-refractivity contribution in [3.63, 3.8) is 0 Å². The summed E-state index contributed by atoms with van der Waals surface area (Å²) in [7, 11) is -4.78. The minimum absolute atomic E-state index is 0.117. The summed E-state index contributed by atoms with van der Waals surface area (Å²) in [5.74, 6) is -1.01. The summed E-state index contributed by atoms with van der Waals surface area (Å²) in [5, 5.41) is 9.96. The monoisotopic (exact) mass is 764 g/mol. The molecular formula is C43H73O9P. The average Bonchev–Trinajstić information content (AvgIpc) is 3.12. The first-order chi connectivity index (χ1) is 25.7. The molecule has 53 heavy (non-hydrogen) atoms. The smallest absolute Gasteiger partial charge is 0.462 e. The van der Waals surface area contributed by atoms with E-state index in [1.54, 1.807) is 6.08 Å². The molecule has 0 saturated carbocycles. The zero-order valence-corrected chi connectivity index (χ0v) is 33.9. The molecule has 1 unspecified atom stereocenters. The molecule has 0 aliphatic carbocycles. The van der Waals surface area contributed by atoms with Crippen LogP contribution in [0.1, 0.15) is 162 Å². The van der Waals surface area contributed by atoms with Gasteiger partial charge in [-0.1, -0.05) is 177 Å². The molecule has 0 spiro atoms. The van der Waals surface area contributed by atoms with Gasteiger partial charge in [-0.15, -0.1) is 0 Å². The maximum absolute atomic E-state index is 12.4. The molecule has 0 heterocycles. The van der Waals surface area contributed by atoms with Gasteiger partial charge >= 0.3 is 19.8 Å². The SMILES string of the molecule is CC/C=C\C/C=C\CC(O)/C=C/C=C\C/C=C\C/C=C\CCC(=O)OC[C@H](COP(=O)(O)O)OC(=O)CCCCCCCCCCCCCCCCC. The Kier molecular flexibility index (Phi) is 35.9. The molecule has 0 fully saturated rings. The van der Waals surface area contributed by atoms with Gasteiger partial charge in [0.15, 0.2) is 6.10 Å². The Morgan fingerprint density at radius 1 is 0.604 bits per heavy atom. The van der Waals surface area contributed by atoms with Crippen molar-refractivity contribution in [1.82, 2.24) is 0 Å². The number of phosphoric acid groups is 1. The van der Waals surface area contributed by atoms with Crippen LogP contribution >= 0.6 is 7.82 Å². The van der Waals surface area contributed by atoms with Crippen LogP contribution in [0.25, 0.3) is 0 Å². The van der Waals surface area contributed by atoms with Gasteiger partial charge in [0.25, 0.3) is 0 Å². The fraction of sp³-hybridized carbons (Fsp3) is 0.674. The molecule has 0 aliphatic rings. The zero-order valence-electron chi connectivity index (χ0n) is 33.0. The van der Waals surface area contributed by atoms with Gasteiger partial charge in [-0.2, -0.15) is 0 Å². The molecule has 2 atom stereocenters. The van der Waals surface area contributed by atoms with E-state index < -0.39 is 38.6 Å². The molecular weight excluding hydrogens is 691 g/mol. The Morgan fingerprint density at radius 2 is 1.13 bits per heavy atom. The molecule has 0 rings (SSSR count). The van der Waals surface area contributed by atoms with E-state index in [1.807, 2.05) is 48.6 Å². The number of phosphoric ester groups is 1. The number of esters is 2. The largest absolute Gasteiger partial charge is 0.469 e. The quantitative estimate of drug-likeness (QED) is 0.0187. The number of aliphatic hydroxyl groups is 1. The van der Waals surface area contributed by atoms with E-state index in [-0.39, 0.29) is 19.4 Å². The number of unbranched alkanes of at least 4 members (excludes halogenated alkanes) is 14. The van der Waals surface area contributed by atoms with E-state index in [9.17, 15) is 19.3 Å². The Bertz CT molecular complexity index is 1100. The van der Waals surface area contributed by atoms with Crippen molar-refractivity contribution < 1.29 is 43.0 Å². The maximum atomic E-state index is 12.4. The van der Waals surface area contributed by atoms with Gasteiger partial charge in [-0.25, -0.2) is 4.57 Å². The lowest BCUT2D eigenvalue weighted by Crippen LogP contribution is -2.29. The van der Waals surface area contributed by atoms with Gasteiger partial charge in [-0.05, 0) is 44.9 Å². The molecule has 304 valence electrons. The standard InChI is InChI=1S/C43H73O9P/c1-3-5-7-9-11-12-13-14-15-16-17-22-25-29-33-37-43(46)52-41(39-51-53(47,48)49)38-50-42(45)36-32-28-24-21-19-18-20-23-27-31-35-40(44)34-30-26-10-8-6-4-2/h6,8,18-19,23-24,26-28,30-31,35,40-41,44H,3-5,7,9-17,20-22,25,29,32-34,36-39H2,1-2H3,(H2,47,48,49)/b8-6-,19-18-,27-23-,28-24-,30-26-,35-31+/t40?,41-/m1/s1. The summed E-state index contributed by atoms with van der Waals surface area (Å²) in [6.07, 6.45) is 45.2. The van der Waals surface area contributed by atoms with E-state index in [2.05, 4.69) is 36.6 Å². The summed E-state index contributed by atoms with van der Waals surface area (Å²) < 4.78 is 26.3. The highest BCUT2D eigenvalue weighted by Crippen LogP contribution is 2.36. The summed E-state index contributed by atoms with van der Waals surface area (Å²) >= 11 is 0. The van der Waals surface area contributed by atoms with Crippen LogP contribution in [0.4, 0.5) is 0 Å². The van der Waals surface area contributed by atoms with Gasteiger partial charge in [0.2, 0.25) is 0 Å². The van der Waals surface area contributed by atoms with Gasteiger partial charge in [-0.3, -0.25) is 14.1 Å². The molecule has 0 bridgehead atoms. The van der Waals surface area contributed by atoms with Crippen LogP contribution in [-0.4, -0.2) is 52.3 Å². The fourth-order valence-electron chi connectivity index (χ4n) is 5.31. The normalized spacial score (nSPS) is 13.8. The molecule has 10 heteroatoms. The van der Waals surface area contributed by atoms with E-state index >= 15 is 0 Å². The molecule has 9 nitrogen and oxygen atoms in total. The van der Waals surface area contributed by atoms with Crippen molar-refractivity contribution in [3.8, 4) is 0 Å². The van der Waals surface area contributed by atoms with Crippen LogP contribution < -0.4 is 0 Å². The topological polar surface area (TPSA) is 140 Å². The summed E-state index contributed by atoms with van der Waals surface area (Å²) in [4.78, 5) is 42.8. The second kappa shape index (κ2) is 37.8. The predicted molar refractivity (Wildman–Crippen MR) is 217 cm³/mol. The lowest BCUT2D eigenvalue weighted by molar-refractivity contribution is -0.161. The first-order valence-electron chi connectivity index (χ1n) is 20.3.